The number of amides is 3. The second kappa shape index (κ2) is 8.21. The number of anilines is 1. The van der Waals surface area contributed by atoms with Crippen molar-refractivity contribution in [3.8, 4) is 0 Å². The van der Waals surface area contributed by atoms with E-state index in [1.807, 2.05) is 36.4 Å². The van der Waals surface area contributed by atoms with Gasteiger partial charge in [0.15, 0.2) is 0 Å². The van der Waals surface area contributed by atoms with Crippen molar-refractivity contribution in [3.63, 3.8) is 0 Å². The van der Waals surface area contributed by atoms with Gasteiger partial charge in [-0.3, -0.25) is 10.1 Å². The molecule has 0 aromatic heterocycles. The first-order chi connectivity index (χ1) is 12.5. The molecular weight excluding hydrogens is 352 g/mol. The minimum atomic E-state index is -0.270. The third-order valence-electron chi connectivity index (χ3n) is 4.32. The molecule has 1 aliphatic rings. The van der Waals surface area contributed by atoms with E-state index < -0.39 is 0 Å². The average molecular weight is 373 g/mol. The number of benzene rings is 2. The lowest BCUT2D eigenvalue weighted by molar-refractivity contribution is -0.131. The monoisotopic (exact) mass is 372 g/mol. The molecular formula is C19H21ClN4O2. The Labute approximate surface area is 157 Å². The summed E-state index contributed by atoms with van der Waals surface area (Å²) in [7, 11) is 1.80. The summed E-state index contributed by atoms with van der Waals surface area (Å²) in [6.45, 7) is 1.40. The number of urea groups is 1. The van der Waals surface area contributed by atoms with Crippen molar-refractivity contribution in [3.05, 3.63) is 64.7 Å². The maximum atomic E-state index is 12.0. The standard InChI is InChI=1S/C19H21ClN4O2/c1-24-12-17(21-11-18(24)25)14-4-8-16(9-5-14)23-19(26)22-10-13-2-6-15(20)7-3-13/h2-9,17,21H,10-12H2,1H3,(H2,22,23,26)/t17-/m0/s1. The number of hydrogen-bond donors (Lipinski definition) is 3. The molecule has 3 N–H and O–H groups in total. The normalized spacial score (nSPS) is 17.1. The second-order valence-corrected chi connectivity index (χ2v) is 6.70. The van der Waals surface area contributed by atoms with Gasteiger partial charge >= 0.3 is 6.03 Å². The SMILES string of the molecule is CN1C[C@@H](c2ccc(NC(=O)NCc3ccc(Cl)cc3)cc2)NCC1=O. The molecule has 3 rings (SSSR count). The number of nitrogens with one attached hydrogen (secondary N) is 3. The maximum absolute atomic E-state index is 12.0. The van der Waals surface area contributed by atoms with E-state index in [-0.39, 0.29) is 18.0 Å². The highest BCUT2D eigenvalue weighted by atomic mass is 35.5. The summed E-state index contributed by atoms with van der Waals surface area (Å²) in [4.78, 5) is 25.3. The Morgan fingerprint density at radius 1 is 1.19 bits per heavy atom. The lowest BCUT2D eigenvalue weighted by Crippen LogP contribution is -2.47. The molecule has 2 aromatic carbocycles. The van der Waals surface area contributed by atoms with Crippen LogP contribution in [0.2, 0.25) is 5.02 Å². The highest BCUT2D eigenvalue weighted by Gasteiger charge is 2.23. The number of rotatable bonds is 4. The summed E-state index contributed by atoms with van der Waals surface area (Å²) in [5, 5.41) is 9.50. The molecule has 1 fully saturated rings. The fourth-order valence-electron chi connectivity index (χ4n) is 2.77. The van der Waals surface area contributed by atoms with Crippen LogP contribution in [0.3, 0.4) is 0 Å². The lowest BCUT2D eigenvalue weighted by Gasteiger charge is -2.31. The first kappa shape index (κ1) is 18.2. The van der Waals surface area contributed by atoms with Gasteiger partial charge in [0.05, 0.1) is 12.6 Å². The fourth-order valence-corrected chi connectivity index (χ4v) is 2.89. The van der Waals surface area contributed by atoms with E-state index in [0.717, 1.165) is 11.1 Å². The first-order valence-electron chi connectivity index (χ1n) is 8.38. The van der Waals surface area contributed by atoms with E-state index in [4.69, 9.17) is 11.6 Å². The number of nitrogens with zero attached hydrogens (tertiary/aromatic N) is 1. The van der Waals surface area contributed by atoms with E-state index in [9.17, 15) is 9.59 Å². The molecule has 0 aliphatic carbocycles. The van der Waals surface area contributed by atoms with Crippen LogP contribution in [0.15, 0.2) is 48.5 Å². The van der Waals surface area contributed by atoms with Crippen LogP contribution in [0.1, 0.15) is 17.2 Å². The Balaban J connectivity index is 1.51. The minimum absolute atomic E-state index is 0.0943. The van der Waals surface area contributed by atoms with Gasteiger partial charge in [-0.25, -0.2) is 4.79 Å². The minimum Gasteiger partial charge on any atom is -0.343 e. The largest absolute Gasteiger partial charge is 0.343 e. The molecule has 2 aromatic rings. The van der Waals surface area contributed by atoms with E-state index in [1.165, 1.54) is 0 Å². The second-order valence-electron chi connectivity index (χ2n) is 6.26. The number of carbonyl (C=O) groups is 2. The van der Waals surface area contributed by atoms with Gasteiger partial charge in [0, 0.05) is 30.8 Å². The average Bonchev–Trinajstić information content (AvgIpc) is 2.64. The highest BCUT2D eigenvalue weighted by Crippen LogP contribution is 2.19. The van der Waals surface area contributed by atoms with E-state index >= 15 is 0 Å². The van der Waals surface area contributed by atoms with Crippen LogP contribution >= 0.6 is 11.6 Å². The smallest absolute Gasteiger partial charge is 0.319 e. The van der Waals surface area contributed by atoms with E-state index in [1.54, 1.807) is 24.1 Å². The van der Waals surface area contributed by atoms with Crippen molar-refractivity contribution in [2.45, 2.75) is 12.6 Å². The van der Waals surface area contributed by atoms with Crippen LogP contribution in [-0.4, -0.2) is 37.0 Å². The third-order valence-corrected chi connectivity index (χ3v) is 4.57. The summed E-state index contributed by atoms with van der Waals surface area (Å²) in [5.41, 5.74) is 2.76. The molecule has 26 heavy (non-hydrogen) atoms. The van der Waals surface area contributed by atoms with Crippen molar-refractivity contribution in [2.75, 3.05) is 25.5 Å². The van der Waals surface area contributed by atoms with Crippen LogP contribution in [0.5, 0.6) is 0 Å². The number of carbonyl (C=O) groups excluding carboxylic acids is 2. The zero-order chi connectivity index (χ0) is 18.5. The number of likely N-dealkylation sites (N-methyl/N-ethyl adjacent to an activating group) is 1. The Morgan fingerprint density at radius 3 is 2.54 bits per heavy atom. The van der Waals surface area contributed by atoms with Gasteiger partial charge in [-0.15, -0.1) is 0 Å². The number of piperazine rings is 1. The highest BCUT2D eigenvalue weighted by molar-refractivity contribution is 6.30. The van der Waals surface area contributed by atoms with E-state index in [2.05, 4.69) is 16.0 Å². The number of hydrogen-bond acceptors (Lipinski definition) is 3. The first-order valence-corrected chi connectivity index (χ1v) is 8.75. The van der Waals surface area contributed by atoms with Gasteiger partial charge < -0.3 is 15.5 Å². The van der Waals surface area contributed by atoms with Gasteiger partial charge in [0.2, 0.25) is 5.91 Å². The summed E-state index contributed by atoms with van der Waals surface area (Å²) in [6.07, 6.45) is 0. The van der Waals surface area contributed by atoms with Crippen LogP contribution in [0.25, 0.3) is 0 Å². The molecule has 1 aliphatic heterocycles. The predicted octanol–water partition coefficient (Wildman–Crippen LogP) is 2.76. The molecule has 0 unspecified atom stereocenters. The molecule has 0 spiro atoms. The Bertz CT molecular complexity index is 777. The van der Waals surface area contributed by atoms with Crippen LogP contribution < -0.4 is 16.0 Å². The molecule has 0 bridgehead atoms. The molecule has 7 heteroatoms. The quantitative estimate of drug-likeness (QED) is 0.772. The molecule has 1 heterocycles. The Morgan fingerprint density at radius 2 is 1.88 bits per heavy atom. The zero-order valence-electron chi connectivity index (χ0n) is 14.5. The third kappa shape index (κ3) is 4.74. The molecule has 0 radical (unpaired) electrons. The number of halogens is 1. The van der Waals surface area contributed by atoms with Gasteiger partial charge in [-0.2, -0.15) is 0 Å². The summed E-state index contributed by atoms with van der Waals surface area (Å²) < 4.78 is 0. The van der Waals surface area contributed by atoms with E-state index in [0.29, 0.717) is 30.3 Å². The Kier molecular flexibility index (Phi) is 5.75. The van der Waals surface area contributed by atoms with Crippen molar-refractivity contribution in [1.82, 2.24) is 15.5 Å². The summed E-state index contributed by atoms with van der Waals surface area (Å²) in [5.74, 6) is 0.0943. The molecule has 1 atom stereocenters. The van der Waals surface area contributed by atoms with Crippen LogP contribution in [0, 0.1) is 0 Å². The molecule has 0 saturated carbocycles. The maximum Gasteiger partial charge on any atom is 0.319 e. The van der Waals surface area contributed by atoms with Gasteiger partial charge in [-0.05, 0) is 35.4 Å². The Hall–Kier alpha value is -2.57. The van der Waals surface area contributed by atoms with Crippen LogP contribution in [0.4, 0.5) is 10.5 Å². The lowest BCUT2D eigenvalue weighted by atomic mass is 10.0. The zero-order valence-corrected chi connectivity index (χ0v) is 15.2. The topological polar surface area (TPSA) is 73.5 Å². The van der Waals surface area contributed by atoms with Crippen molar-refractivity contribution in [1.29, 1.82) is 0 Å². The molecule has 6 nitrogen and oxygen atoms in total. The summed E-state index contributed by atoms with van der Waals surface area (Å²) >= 11 is 5.84. The van der Waals surface area contributed by atoms with Crippen LogP contribution in [-0.2, 0) is 11.3 Å². The van der Waals surface area contributed by atoms with Crippen molar-refractivity contribution < 1.29 is 9.59 Å². The fraction of sp³-hybridized carbons (Fsp3) is 0.263. The summed E-state index contributed by atoms with van der Waals surface area (Å²) in [6, 6.07) is 14.8. The predicted molar refractivity (Wildman–Crippen MR) is 102 cm³/mol. The van der Waals surface area contributed by atoms with Gasteiger partial charge in [0.25, 0.3) is 0 Å². The van der Waals surface area contributed by atoms with Gasteiger partial charge in [-0.1, -0.05) is 35.9 Å². The van der Waals surface area contributed by atoms with Gasteiger partial charge in [0.1, 0.15) is 0 Å². The van der Waals surface area contributed by atoms with Crippen molar-refractivity contribution >= 4 is 29.2 Å². The molecule has 1 saturated heterocycles. The molecule has 136 valence electrons. The van der Waals surface area contributed by atoms with Crippen molar-refractivity contribution in [2.24, 2.45) is 0 Å². The molecule has 3 amide bonds.